The van der Waals surface area contributed by atoms with Crippen molar-refractivity contribution in [1.82, 2.24) is 5.32 Å². The van der Waals surface area contributed by atoms with Crippen LogP contribution in [0.4, 0.5) is 10.5 Å². The number of hydrogen-bond donors (Lipinski definition) is 2. The highest BCUT2D eigenvalue weighted by Crippen LogP contribution is 2.23. The van der Waals surface area contributed by atoms with Gasteiger partial charge in [0, 0.05) is 5.69 Å². The molecule has 3 amide bonds. The molecule has 0 aromatic heterocycles. The molecule has 0 bridgehead atoms. The highest BCUT2D eigenvalue weighted by Gasteiger charge is 2.16. The van der Waals surface area contributed by atoms with Gasteiger partial charge in [0.05, 0.1) is 15.6 Å². The molecule has 0 heterocycles. The van der Waals surface area contributed by atoms with Crippen LogP contribution in [0.2, 0.25) is 10.0 Å². The van der Waals surface area contributed by atoms with Crippen LogP contribution in [0.15, 0.2) is 42.5 Å². The molecule has 0 atom stereocenters. The van der Waals surface area contributed by atoms with Crippen LogP contribution in [-0.2, 0) is 0 Å². The highest BCUT2D eigenvalue weighted by atomic mass is 35.5. The number of imide groups is 1. The van der Waals surface area contributed by atoms with Crippen molar-refractivity contribution in [2.45, 2.75) is 6.92 Å². The summed E-state index contributed by atoms with van der Waals surface area (Å²) in [6, 6.07) is 11.2. The Balaban J connectivity index is 2.06. The van der Waals surface area contributed by atoms with Gasteiger partial charge in [0.15, 0.2) is 0 Å². The fourth-order valence-electron chi connectivity index (χ4n) is 1.68. The lowest BCUT2D eigenvalue weighted by molar-refractivity contribution is 0.0967. The fourth-order valence-corrected chi connectivity index (χ4v) is 2.25. The van der Waals surface area contributed by atoms with E-state index in [1.54, 1.807) is 18.2 Å². The first kappa shape index (κ1) is 15.4. The summed E-state index contributed by atoms with van der Waals surface area (Å²) in [6.45, 7) is 1.94. The number of carbonyl (C=O) groups is 2. The number of amides is 3. The van der Waals surface area contributed by atoms with Gasteiger partial charge in [0.25, 0.3) is 5.91 Å². The summed E-state index contributed by atoms with van der Waals surface area (Å²) in [5.74, 6) is -0.657. The lowest BCUT2D eigenvalue weighted by Gasteiger charge is -2.09. The number of hydrogen-bond acceptors (Lipinski definition) is 2. The van der Waals surface area contributed by atoms with E-state index in [0.717, 1.165) is 5.56 Å². The standard InChI is InChI=1S/C15H12Cl2N2O2/c1-9-5-7-10(8-6-9)18-15(21)19-14(20)13-11(16)3-2-4-12(13)17/h2-8H,1H3,(H2,18,19,20,21). The molecule has 2 N–H and O–H groups in total. The lowest BCUT2D eigenvalue weighted by Crippen LogP contribution is -2.34. The molecule has 4 nitrogen and oxygen atoms in total. The Morgan fingerprint density at radius 1 is 0.952 bits per heavy atom. The SMILES string of the molecule is Cc1ccc(NC(=O)NC(=O)c2c(Cl)cccc2Cl)cc1. The van der Waals surface area contributed by atoms with Crippen molar-refractivity contribution < 1.29 is 9.59 Å². The maximum absolute atomic E-state index is 12.0. The summed E-state index contributed by atoms with van der Waals surface area (Å²) in [5.41, 5.74) is 1.72. The van der Waals surface area contributed by atoms with E-state index in [1.807, 2.05) is 19.1 Å². The van der Waals surface area contributed by atoms with Gasteiger partial charge < -0.3 is 5.32 Å². The maximum atomic E-state index is 12.0. The van der Waals surface area contributed by atoms with E-state index in [4.69, 9.17) is 23.2 Å². The Morgan fingerprint density at radius 2 is 1.52 bits per heavy atom. The van der Waals surface area contributed by atoms with Crippen molar-refractivity contribution >= 4 is 40.8 Å². The lowest BCUT2D eigenvalue weighted by atomic mass is 10.2. The van der Waals surface area contributed by atoms with Crippen molar-refractivity contribution in [1.29, 1.82) is 0 Å². The van der Waals surface area contributed by atoms with Crippen LogP contribution in [0.3, 0.4) is 0 Å². The first-order valence-corrected chi connectivity index (χ1v) is 6.86. The van der Waals surface area contributed by atoms with Gasteiger partial charge in [-0.05, 0) is 31.2 Å². The number of rotatable bonds is 2. The van der Waals surface area contributed by atoms with Crippen LogP contribution < -0.4 is 10.6 Å². The summed E-state index contributed by atoms with van der Waals surface area (Å²) in [4.78, 5) is 23.8. The largest absolute Gasteiger partial charge is 0.326 e. The normalized spacial score (nSPS) is 10.0. The second kappa shape index (κ2) is 6.61. The molecule has 0 saturated carbocycles. The van der Waals surface area contributed by atoms with Gasteiger partial charge in [-0.1, -0.05) is 47.0 Å². The number of nitrogens with one attached hydrogen (secondary N) is 2. The minimum Gasteiger partial charge on any atom is -0.308 e. The monoisotopic (exact) mass is 322 g/mol. The smallest absolute Gasteiger partial charge is 0.308 e. The molecule has 0 aliphatic carbocycles. The van der Waals surface area contributed by atoms with Crippen molar-refractivity contribution in [3.05, 3.63) is 63.6 Å². The van der Waals surface area contributed by atoms with E-state index in [-0.39, 0.29) is 15.6 Å². The highest BCUT2D eigenvalue weighted by molar-refractivity contribution is 6.40. The first-order valence-electron chi connectivity index (χ1n) is 6.10. The number of urea groups is 1. The van der Waals surface area contributed by atoms with Crippen LogP contribution in [0.1, 0.15) is 15.9 Å². The van der Waals surface area contributed by atoms with Crippen molar-refractivity contribution in [3.8, 4) is 0 Å². The Morgan fingerprint density at radius 3 is 2.10 bits per heavy atom. The molecule has 2 aromatic rings. The number of carbonyl (C=O) groups excluding carboxylic acids is 2. The van der Waals surface area contributed by atoms with Crippen LogP contribution in [0.5, 0.6) is 0 Å². The summed E-state index contributed by atoms with van der Waals surface area (Å²) in [7, 11) is 0. The number of halogens is 2. The number of anilines is 1. The van der Waals surface area contributed by atoms with Crippen molar-refractivity contribution in [2.24, 2.45) is 0 Å². The van der Waals surface area contributed by atoms with Crippen LogP contribution in [0, 0.1) is 6.92 Å². The Hall–Kier alpha value is -2.04. The summed E-state index contributed by atoms with van der Waals surface area (Å²) < 4.78 is 0. The Bertz CT molecular complexity index is 664. The molecule has 2 aromatic carbocycles. The van der Waals surface area contributed by atoms with Gasteiger partial charge in [0.2, 0.25) is 0 Å². The van der Waals surface area contributed by atoms with Gasteiger partial charge >= 0.3 is 6.03 Å². The van der Waals surface area contributed by atoms with Crippen LogP contribution in [0.25, 0.3) is 0 Å². The Kier molecular flexibility index (Phi) is 4.83. The zero-order chi connectivity index (χ0) is 15.4. The third kappa shape index (κ3) is 3.97. The molecule has 108 valence electrons. The first-order chi connectivity index (χ1) is 9.97. The van der Waals surface area contributed by atoms with E-state index >= 15 is 0 Å². The van der Waals surface area contributed by atoms with E-state index in [1.165, 1.54) is 12.1 Å². The van der Waals surface area contributed by atoms with E-state index in [0.29, 0.717) is 5.69 Å². The molecule has 0 aliphatic heterocycles. The molecule has 6 heteroatoms. The van der Waals surface area contributed by atoms with Gasteiger partial charge in [0.1, 0.15) is 0 Å². The zero-order valence-corrected chi connectivity index (χ0v) is 12.6. The minimum absolute atomic E-state index is 0.0693. The van der Waals surface area contributed by atoms with Gasteiger partial charge in [-0.25, -0.2) is 4.79 Å². The maximum Gasteiger partial charge on any atom is 0.326 e. The summed E-state index contributed by atoms with van der Waals surface area (Å²) in [6.07, 6.45) is 0. The molecule has 0 spiro atoms. The molecule has 21 heavy (non-hydrogen) atoms. The average Bonchev–Trinajstić information content (AvgIpc) is 2.41. The molecular formula is C15H12Cl2N2O2. The van der Waals surface area contributed by atoms with Gasteiger partial charge in [-0.15, -0.1) is 0 Å². The predicted octanol–water partition coefficient (Wildman–Crippen LogP) is 4.26. The number of benzene rings is 2. The van der Waals surface area contributed by atoms with Gasteiger partial charge in [-0.3, -0.25) is 10.1 Å². The van der Waals surface area contributed by atoms with E-state index in [9.17, 15) is 9.59 Å². The summed E-state index contributed by atoms with van der Waals surface area (Å²) in [5, 5.41) is 5.10. The summed E-state index contributed by atoms with van der Waals surface area (Å²) >= 11 is 11.8. The second-order valence-corrected chi connectivity index (χ2v) is 5.19. The zero-order valence-electron chi connectivity index (χ0n) is 11.1. The minimum atomic E-state index is -0.657. The molecule has 0 radical (unpaired) electrons. The Labute approximate surface area is 132 Å². The van der Waals surface area contributed by atoms with E-state index < -0.39 is 11.9 Å². The molecule has 2 rings (SSSR count). The molecular weight excluding hydrogens is 311 g/mol. The fraction of sp³-hybridized carbons (Fsp3) is 0.0667. The molecule has 0 saturated heterocycles. The quantitative estimate of drug-likeness (QED) is 0.867. The van der Waals surface area contributed by atoms with Crippen LogP contribution >= 0.6 is 23.2 Å². The predicted molar refractivity (Wildman–Crippen MR) is 84.1 cm³/mol. The average molecular weight is 323 g/mol. The third-order valence-corrected chi connectivity index (χ3v) is 3.36. The van der Waals surface area contributed by atoms with Crippen LogP contribution in [-0.4, -0.2) is 11.9 Å². The van der Waals surface area contributed by atoms with Crippen molar-refractivity contribution in [3.63, 3.8) is 0 Å². The molecule has 0 unspecified atom stereocenters. The van der Waals surface area contributed by atoms with E-state index in [2.05, 4.69) is 10.6 Å². The topological polar surface area (TPSA) is 58.2 Å². The molecule has 0 fully saturated rings. The van der Waals surface area contributed by atoms with Gasteiger partial charge in [-0.2, -0.15) is 0 Å². The number of aryl methyl sites for hydroxylation is 1. The second-order valence-electron chi connectivity index (χ2n) is 4.37. The molecule has 0 aliphatic rings. The third-order valence-electron chi connectivity index (χ3n) is 2.73. The van der Waals surface area contributed by atoms with Crippen molar-refractivity contribution in [2.75, 3.05) is 5.32 Å².